The second-order valence-electron chi connectivity index (χ2n) is 7.38. The Hall–Kier alpha value is -1.73. The smallest absolute Gasteiger partial charge is 0.257 e. The number of carbonyl (C=O) groups is 1. The zero-order valence-electron chi connectivity index (χ0n) is 15.5. The monoisotopic (exact) mass is 347 g/mol. The lowest BCUT2D eigenvalue weighted by atomic mass is 9.98. The van der Waals surface area contributed by atoms with E-state index < -0.39 is 0 Å². The summed E-state index contributed by atoms with van der Waals surface area (Å²) in [5.74, 6) is 0.649. The van der Waals surface area contributed by atoms with Crippen molar-refractivity contribution < 1.29 is 9.90 Å². The molecular formula is C18H29N5O2. The summed E-state index contributed by atoms with van der Waals surface area (Å²) in [7, 11) is 3.77. The van der Waals surface area contributed by atoms with Crippen molar-refractivity contribution in [3.63, 3.8) is 0 Å². The van der Waals surface area contributed by atoms with Crippen LogP contribution in [0.4, 0.5) is 5.95 Å². The van der Waals surface area contributed by atoms with Crippen LogP contribution in [-0.4, -0.2) is 83.2 Å². The van der Waals surface area contributed by atoms with E-state index >= 15 is 0 Å². The number of amides is 1. The van der Waals surface area contributed by atoms with Gasteiger partial charge in [0.05, 0.1) is 17.4 Å². The standard InChI is InChI=1S/C18H29N5O2/c1-13-16(11-19-18(20-13)21(2)3)17(25)22-9-6-14(7-10-22)23-8-4-5-15(24)12-23/h11,14-15,24H,4-10,12H2,1-3H3. The summed E-state index contributed by atoms with van der Waals surface area (Å²) in [6.45, 7) is 5.21. The van der Waals surface area contributed by atoms with Gasteiger partial charge in [0.15, 0.2) is 0 Å². The van der Waals surface area contributed by atoms with Gasteiger partial charge in [0.1, 0.15) is 0 Å². The largest absolute Gasteiger partial charge is 0.392 e. The van der Waals surface area contributed by atoms with E-state index in [9.17, 15) is 9.90 Å². The van der Waals surface area contributed by atoms with Gasteiger partial charge in [-0.1, -0.05) is 0 Å². The maximum absolute atomic E-state index is 12.8. The first-order valence-electron chi connectivity index (χ1n) is 9.18. The van der Waals surface area contributed by atoms with Gasteiger partial charge in [-0.3, -0.25) is 9.69 Å². The normalized spacial score (nSPS) is 22.9. The topological polar surface area (TPSA) is 72.8 Å². The van der Waals surface area contributed by atoms with E-state index in [0.29, 0.717) is 17.6 Å². The van der Waals surface area contributed by atoms with E-state index in [2.05, 4.69) is 14.9 Å². The minimum absolute atomic E-state index is 0.0277. The molecule has 25 heavy (non-hydrogen) atoms. The number of aromatic nitrogens is 2. The number of likely N-dealkylation sites (tertiary alicyclic amines) is 2. The molecule has 3 rings (SSSR count). The Morgan fingerprint density at radius 3 is 2.56 bits per heavy atom. The zero-order valence-corrected chi connectivity index (χ0v) is 15.5. The Morgan fingerprint density at radius 2 is 1.96 bits per heavy atom. The summed E-state index contributed by atoms with van der Waals surface area (Å²) in [6, 6.07) is 0.479. The van der Waals surface area contributed by atoms with Gasteiger partial charge in [-0.05, 0) is 39.2 Å². The number of rotatable bonds is 3. The first-order valence-corrected chi connectivity index (χ1v) is 9.18. The molecule has 0 radical (unpaired) electrons. The Kier molecular flexibility index (Phi) is 5.54. The second-order valence-corrected chi connectivity index (χ2v) is 7.38. The summed E-state index contributed by atoms with van der Waals surface area (Å²) in [4.78, 5) is 27.7. The molecule has 2 saturated heterocycles. The molecule has 1 amide bonds. The number of hydrogen-bond acceptors (Lipinski definition) is 6. The van der Waals surface area contributed by atoms with Crippen molar-refractivity contribution in [2.24, 2.45) is 0 Å². The van der Waals surface area contributed by atoms with Crippen molar-refractivity contribution in [3.05, 3.63) is 17.5 Å². The molecule has 1 atom stereocenters. The van der Waals surface area contributed by atoms with Crippen molar-refractivity contribution in [2.45, 2.75) is 44.8 Å². The van der Waals surface area contributed by atoms with Crippen molar-refractivity contribution in [3.8, 4) is 0 Å². The molecule has 138 valence electrons. The Labute approximate surface area is 149 Å². The predicted molar refractivity (Wildman–Crippen MR) is 96.8 cm³/mol. The van der Waals surface area contributed by atoms with Gasteiger partial charge >= 0.3 is 0 Å². The first-order chi connectivity index (χ1) is 12.0. The molecule has 0 saturated carbocycles. The Morgan fingerprint density at radius 1 is 1.24 bits per heavy atom. The molecule has 1 unspecified atom stereocenters. The number of piperidine rings is 2. The van der Waals surface area contributed by atoms with Crippen LogP contribution in [0, 0.1) is 6.92 Å². The van der Waals surface area contributed by atoms with Gasteiger partial charge in [0.2, 0.25) is 5.95 Å². The maximum atomic E-state index is 12.8. The highest BCUT2D eigenvalue weighted by atomic mass is 16.3. The quantitative estimate of drug-likeness (QED) is 0.876. The predicted octanol–water partition coefficient (Wildman–Crippen LogP) is 0.912. The molecule has 2 fully saturated rings. The average molecular weight is 347 g/mol. The zero-order chi connectivity index (χ0) is 18.0. The van der Waals surface area contributed by atoms with Crippen molar-refractivity contribution in [1.82, 2.24) is 19.8 Å². The first kappa shape index (κ1) is 18.1. The van der Waals surface area contributed by atoms with Crippen LogP contribution in [-0.2, 0) is 0 Å². The molecule has 3 heterocycles. The molecule has 7 nitrogen and oxygen atoms in total. The molecule has 0 bridgehead atoms. The summed E-state index contributed by atoms with van der Waals surface area (Å²) in [5.41, 5.74) is 1.32. The third-order valence-electron chi connectivity index (χ3n) is 5.29. The summed E-state index contributed by atoms with van der Waals surface area (Å²) in [6.07, 6.45) is 5.36. The molecule has 2 aliphatic heterocycles. The van der Waals surface area contributed by atoms with Gasteiger partial charge in [-0.25, -0.2) is 9.97 Å². The van der Waals surface area contributed by atoms with E-state index in [1.54, 1.807) is 6.20 Å². The number of nitrogens with zero attached hydrogens (tertiary/aromatic N) is 5. The Balaban J connectivity index is 1.60. The van der Waals surface area contributed by atoms with Gasteiger partial charge in [-0.2, -0.15) is 0 Å². The fourth-order valence-corrected chi connectivity index (χ4v) is 3.80. The molecular weight excluding hydrogens is 318 g/mol. The van der Waals surface area contributed by atoms with E-state index in [0.717, 1.165) is 57.6 Å². The van der Waals surface area contributed by atoms with Crippen molar-refractivity contribution in [1.29, 1.82) is 0 Å². The third kappa shape index (κ3) is 4.10. The fourth-order valence-electron chi connectivity index (χ4n) is 3.80. The highest BCUT2D eigenvalue weighted by Crippen LogP contribution is 2.22. The van der Waals surface area contributed by atoms with E-state index in [1.165, 1.54) is 0 Å². The highest BCUT2D eigenvalue weighted by Gasteiger charge is 2.30. The number of hydrogen-bond donors (Lipinski definition) is 1. The summed E-state index contributed by atoms with van der Waals surface area (Å²) < 4.78 is 0. The molecule has 7 heteroatoms. The number of β-amino-alcohol motifs (C(OH)–C–C–N with tert-alkyl or cyclic N) is 1. The van der Waals surface area contributed by atoms with Crippen LogP contribution in [0.1, 0.15) is 41.7 Å². The molecule has 2 aliphatic rings. The van der Waals surface area contributed by atoms with E-state index in [-0.39, 0.29) is 12.0 Å². The lowest BCUT2D eigenvalue weighted by molar-refractivity contribution is 0.0240. The fraction of sp³-hybridized carbons (Fsp3) is 0.722. The van der Waals surface area contributed by atoms with Crippen LogP contribution in [0.15, 0.2) is 6.20 Å². The lowest BCUT2D eigenvalue weighted by Gasteiger charge is -2.41. The van der Waals surface area contributed by atoms with Crippen LogP contribution in [0.5, 0.6) is 0 Å². The van der Waals surface area contributed by atoms with Gasteiger partial charge in [0.25, 0.3) is 5.91 Å². The molecule has 0 aromatic carbocycles. The lowest BCUT2D eigenvalue weighted by Crippen LogP contribution is -2.50. The molecule has 1 N–H and O–H groups in total. The third-order valence-corrected chi connectivity index (χ3v) is 5.29. The number of anilines is 1. The molecule has 1 aromatic rings. The number of aliphatic hydroxyl groups excluding tert-OH is 1. The number of aliphatic hydroxyl groups is 1. The highest BCUT2D eigenvalue weighted by molar-refractivity contribution is 5.95. The SMILES string of the molecule is Cc1nc(N(C)C)ncc1C(=O)N1CCC(N2CCCC(O)C2)CC1. The van der Waals surface area contributed by atoms with E-state index in [4.69, 9.17) is 0 Å². The average Bonchev–Trinajstić information content (AvgIpc) is 2.61. The van der Waals surface area contributed by atoms with Gasteiger partial charge < -0.3 is 14.9 Å². The molecule has 0 aliphatic carbocycles. The summed E-state index contributed by atoms with van der Waals surface area (Å²) in [5, 5.41) is 9.87. The molecule has 1 aromatic heterocycles. The molecule has 0 spiro atoms. The van der Waals surface area contributed by atoms with Crippen LogP contribution in [0.3, 0.4) is 0 Å². The minimum atomic E-state index is -0.191. The van der Waals surface area contributed by atoms with Crippen LogP contribution < -0.4 is 4.90 Å². The van der Waals surface area contributed by atoms with Crippen molar-refractivity contribution in [2.75, 3.05) is 45.2 Å². The maximum Gasteiger partial charge on any atom is 0.257 e. The minimum Gasteiger partial charge on any atom is -0.392 e. The van der Waals surface area contributed by atoms with Crippen LogP contribution in [0.2, 0.25) is 0 Å². The Bertz CT molecular complexity index is 613. The van der Waals surface area contributed by atoms with Gasteiger partial charge in [-0.15, -0.1) is 0 Å². The van der Waals surface area contributed by atoms with E-state index in [1.807, 2.05) is 30.8 Å². The van der Waals surface area contributed by atoms with Crippen molar-refractivity contribution >= 4 is 11.9 Å². The number of carbonyl (C=O) groups excluding carboxylic acids is 1. The van der Waals surface area contributed by atoms with Crippen LogP contribution in [0.25, 0.3) is 0 Å². The van der Waals surface area contributed by atoms with Crippen LogP contribution >= 0.6 is 0 Å². The van der Waals surface area contributed by atoms with Gasteiger partial charge in [0, 0.05) is 46.0 Å². The summed E-state index contributed by atoms with van der Waals surface area (Å²) >= 11 is 0. The second kappa shape index (κ2) is 7.66. The number of aryl methyl sites for hydroxylation is 1.